The SMILES string of the molecule is O=C(c1cc(Br)co1)c1ccc2n1CCC2C(=O)O. The van der Waals surface area contributed by atoms with Gasteiger partial charge in [0.2, 0.25) is 5.78 Å². The summed E-state index contributed by atoms with van der Waals surface area (Å²) >= 11 is 3.22. The maximum Gasteiger partial charge on any atom is 0.312 e. The van der Waals surface area contributed by atoms with Gasteiger partial charge in [0.05, 0.1) is 16.1 Å². The van der Waals surface area contributed by atoms with Gasteiger partial charge < -0.3 is 14.1 Å². The Labute approximate surface area is 117 Å². The van der Waals surface area contributed by atoms with Crippen molar-refractivity contribution in [1.29, 1.82) is 0 Å². The molecule has 0 spiro atoms. The number of hydrogen-bond acceptors (Lipinski definition) is 3. The Morgan fingerprint density at radius 2 is 2.21 bits per heavy atom. The number of carbonyl (C=O) groups excluding carboxylic acids is 1. The molecule has 6 heteroatoms. The molecule has 1 aliphatic rings. The van der Waals surface area contributed by atoms with Gasteiger partial charge in [-0.1, -0.05) is 0 Å². The number of nitrogens with zero attached hydrogens (tertiary/aromatic N) is 1. The van der Waals surface area contributed by atoms with Crippen molar-refractivity contribution < 1.29 is 19.1 Å². The highest BCUT2D eigenvalue weighted by Gasteiger charge is 2.32. The Morgan fingerprint density at radius 3 is 2.84 bits per heavy atom. The lowest BCUT2D eigenvalue weighted by molar-refractivity contribution is -0.138. The van der Waals surface area contributed by atoms with Crippen LogP contribution in [0.2, 0.25) is 0 Å². The van der Waals surface area contributed by atoms with Gasteiger partial charge in [0.15, 0.2) is 5.76 Å². The highest BCUT2D eigenvalue weighted by atomic mass is 79.9. The van der Waals surface area contributed by atoms with Gasteiger partial charge in [-0.05, 0) is 34.5 Å². The van der Waals surface area contributed by atoms with Crippen molar-refractivity contribution in [2.45, 2.75) is 18.9 Å². The summed E-state index contributed by atoms with van der Waals surface area (Å²) in [4.78, 5) is 23.4. The Kier molecular flexibility index (Phi) is 2.82. The first-order valence-corrected chi connectivity index (χ1v) is 6.58. The molecule has 0 saturated carbocycles. The summed E-state index contributed by atoms with van der Waals surface area (Å²) in [6, 6.07) is 4.96. The van der Waals surface area contributed by atoms with Crippen LogP contribution in [0.4, 0.5) is 0 Å². The molecule has 0 fully saturated rings. The van der Waals surface area contributed by atoms with Crippen LogP contribution in [0.25, 0.3) is 0 Å². The van der Waals surface area contributed by atoms with Crippen LogP contribution in [0.3, 0.4) is 0 Å². The lowest BCUT2D eigenvalue weighted by Gasteiger charge is -2.03. The summed E-state index contributed by atoms with van der Waals surface area (Å²) in [5.41, 5.74) is 1.15. The number of fused-ring (bicyclic) bond motifs is 1. The fourth-order valence-corrected chi connectivity index (χ4v) is 2.75. The number of halogens is 1. The van der Waals surface area contributed by atoms with Crippen molar-refractivity contribution >= 4 is 27.7 Å². The number of aromatic nitrogens is 1. The third-order valence-corrected chi connectivity index (χ3v) is 3.75. The molecule has 0 radical (unpaired) electrons. The number of furan rings is 1. The molecule has 1 atom stereocenters. The monoisotopic (exact) mass is 323 g/mol. The van der Waals surface area contributed by atoms with Crippen LogP contribution in [0.5, 0.6) is 0 Å². The minimum absolute atomic E-state index is 0.233. The zero-order chi connectivity index (χ0) is 13.6. The maximum absolute atomic E-state index is 12.3. The molecule has 3 heterocycles. The molecule has 0 bridgehead atoms. The van der Waals surface area contributed by atoms with E-state index in [4.69, 9.17) is 9.52 Å². The molecular formula is C13H10BrNO4. The number of carboxylic acids is 1. The largest absolute Gasteiger partial charge is 0.481 e. The van der Waals surface area contributed by atoms with E-state index in [9.17, 15) is 9.59 Å². The highest BCUT2D eigenvalue weighted by Crippen LogP contribution is 2.31. The van der Waals surface area contributed by atoms with Gasteiger partial charge in [-0.25, -0.2) is 0 Å². The van der Waals surface area contributed by atoms with Gasteiger partial charge in [0.25, 0.3) is 0 Å². The molecule has 1 N–H and O–H groups in total. The summed E-state index contributed by atoms with van der Waals surface area (Å²) in [7, 11) is 0. The molecule has 5 nitrogen and oxygen atoms in total. The lowest BCUT2D eigenvalue weighted by atomic mass is 10.1. The Balaban J connectivity index is 1.98. The lowest BCUT2D eigenvalue weighted by Crippen LogP contribution is -2.09. The van der Waals surface area contributed by atoms with E-state index < -0.39 is 11.9 Å². The molecule has 0 aliphatic carbocycles. The summed E-state index contributed by atoms with van der Waals surface area (Å²) in [5, 5.41) is 9.11. The molecule has 19 heavy (non-hydrogen) atoms. The molecule has 1 aliphatic heterocycles. The molecule has 98 valence electrons. The first-order chi connectivity index (χ1) is 9.08. The van der Waals surface area contributed by atoms with Crippen LogP contribution < -0.4 is 0 Å². The minimum Gasteiger partial charge on any atom is -0.481 e. The number of hydrogen-bond donors (Lipinski definition) is 1. The first kappa shape index (κ1) is 12.2. The van der Waals surface area contributed by atoms with Gasteiger partial charge in [0, 0.05) is 18.3 Å². The second-order valence-corrected chi connectivity index (χ2v) is 5.35. The third kappa shape index (κ3) is 1.92. The fraction of sp³-hybridized carbons (Fsp3) is 0.231. The Hall–Kier alpha value is -1.82. The zero-order valence-electron chi connectivity index (χ0n) is 9.80. The molecule has 2 aromatic rings. The molecule has 3 rings (SSSR count). The molecule has 2 aromatic heterocycles. The smallest absolute Gasteiger partial charge is 0.312 e. The molecule has 1 unspecified atom stereocenters. The van der Waals surface area contributed by atoms with E-state index in [1.54, 1.807) is 22.8 Å². The van der Waals surface area contributed by atoms with Crippen LogP contribution >= 0.6 is 15.9 Å². The van der Waals surface area contributed by atoms with Gasteiger partial charge in [-0.2, -0.15) is 0 Å². The first-order valence-electron chi connectivity index (χ1n) is 5.79. The average molecular weight is 324 g/mol. The number of rotatable bonds is 3. The molecular weight excluding hydrogens is 314 g/mol. The van der Waals surface area contributed by atoms with Crippen molar-refractivity contribution in [1.82, 2.24) is 4.57 Å². The van der Waals surface area contributed by atoms with Crippen molar-refractivity contribution in [2.75, 3.05) is 0 Å². The summed E-state index contributed by atoms with van der Waals surface area (Å²) in [5.74, 6) is -1.36. The van der Waals surface area contributed by atoms with E-state index in [2.05, 4.69) is 15.9 Å². The summed E-state index contributed by atoms with van der Waals surface area (Å²) in [6.45, 7) is 0.544. The highest BCUT2D eigenvalue weighted by molar-refractivity contribution is 9.10. The zero-order valence-corrected chi connectivity index (χ0v) is 11.4. The number of carbonyl (C=O) groups is 2. The van der Waals surface area contributed by atoms with Crippen LogP contribution in [0.1, 0.15) is 34.3 Å². The van der Waals surface area contributed by atoms with Gasteiger partial charge in [-0.3, -0.25) is 9.59 Å². The van der Waals surface area contributed by atoms with E-state index in [-0.39, 0.29) is 11.5 Å². The molecule has 0 saturated heterocycles. The van der Waals surface area contributed by atoms with Crippen molar-refractivity contribution in [3.63, 3.8) is 0 Å². The average Bonchev–Trinajstić information content (AvgIpc) is 3.01. The van der Waals surface area contributed by atoms with Crippen molar-refractivity contribution in [2.24, 2.45) is 0 Å². The Bertz CT molecular complexity index is 670. The third-order valence-electron chi connectivity index (χ3n) is 3.33. The van der Waals surface area contributed by atoms with Crippen LogP contribution in [0, 0.1) is 0 Å². The number of aliphatic carboxylic acids is 1. The van der Waals surface area contributed by atoms with Gasteiger partial charge in [-0.15, -0.1) is 0 Å². The summed E-state index contributed by atoms with van der Waals surface area (Å²) < 4.78 is 7.62. The molecule has 0 aromatic carbocycles. The van der Waals surface area contributed by atoms with E-state index in [1.807, 2.05) is 0 Å². The predicted molar refractivity (Wildman–Crippen MR) is 69.3 cm³/mol. The summed E-state index contributed by atoms with van der Waals surface area (Å²) in [6.07, 6.45) is 1.97. The standard InChI is InChI=1S/C13H10BrNO4/c14-7-5-11(19-6-7)12(16)10-2-1-9-8(13(17)18)3-4-15(9)10/h1-2,5-6,8H,3-4H2,(H,17,18). The maximum atomic E-state index is 12.3. The van der Waals surface area contributed by atoms with E-state index in [0.717, 1.165) is 0 Å². The van der Waals surface area contributed by atoms with Crippen molar-refractivity contribution in [3.05, 3.63) is 46.1 Å². The Morgan fingerprint density at radius 1 is 1.42 bits per heavy atom. The van der Waals surface area contributed by atoms with E-state index in [0.29, 0.717) is 28.8 Å². The van der Waals surface area contributed by atoms with E-state index in [1.165, 1.54) is 6.26 Å². The molecule has 0 amide bonds. The second-order valence-electron chi connectivity index (χ2n) is 4.43. The quantitative estimate of drug-likeness (QED) is 0.881. The second kappa shape index (κ2) is 4.38. The van der Waals surface area contributed by atoms with Gasteiger partial charge >= 0.3 is 5.97 Å². The normalized spacial score (nSPS) is 17.4. The van der Waals surface area contributed by atoms with E-state index >= 15 is 0 Å². The van der Waals surface area contributed by atoms with Crippen LogP contribution in [-0.2, 0) is 11.3 Å². The van der Waals surface area contributed by atoms with Crippen molar-refractivity contribution in [3.8, 4) is 0 Å². The van der Waals surface area contributed by atoms with Crippen LogP contribution in [-0.4, -0.2) is 21.4 Å². The minimum atomic E-state index is -0.850. The number of carboxylic acid groups (broad SMARTS) is 1. The topological polar surface area (TPSA) is 72.4 Å². The van der Waals surface area contributed by atoms with Gasteiger partial charge in [0.1, 0.15) is 6.26 Å². The predicted octanol–water partition coefficient (Wildman–Crippen LogP) is 2.65. The van der Waals surface area contributed by atoms with Crippen LogP contribution in [0.15, 0.2) is 33.4 Å². The number of ketones is 1. The fourth-order valence-electron chi connectivity index (χ4n) is 2.45.